The maximum absolute atomic E-state index is 12.7. The van der Waals surface area contributed by atoms with Gasteiger partial charge in [0.25, 0.3) is 10.0 Å². The van der Waals surface area contributed by atoms with Crippen molar-refractivity contribution in [1.82, 2.24) is 9.21 Å². The van der Waals surface area contributed by atoms with Crippen molar-refractivity contribution >= 4 is 37.3 Å². The first-order chi connectivity index (χ1) is 9.14. The second-order valence-electron chi connectivity index (χ2n) is 5.58. The van der Waals surface area contributed by atoms with Crippen molar-refractivity contribution < 1.29 is 8.42 Å². The predicted molar refractivity (Wildman–Crippen MR) is 88.9 cm³/mol. The van der Waals surface area contributed by atoms with E-state index in [0.717, 1.165) is 15.9 Å². The van der Waals surface area contributed by atoms with Crippen LogP contribution < -0.4 is 0 Å². The number of sulfonamides is 1. The summed E-state index contributed by atoms with van der Waals surface area (Å²) in [6, 6.07) is 1.74. The van der Waals surface area contributed by atoms with E-state index in [9.17, 15) is 8.42 Å². The molecule has 0 saturated carbocycles. The maximum Gasteiger partial charge on any atom is 0.252 e. The third-order valence-electron chi connectivity index (χ3n) is 2.79. The van der Waals surface area contributed by atoms with Gasteiger partial charge in [-0.1, -0.05) is 13.8 Å². The number of likely N-dealkylation sites (N-methyl/N-ethyl adjacent to an activating group) is 1. The monoisotopic (exact) mass is 382 g/mol. The first-order valence-corrected chi connectivity index (χ1v) is 9.60. The molecule has 0 unspecified atom stereocenters. The van der Waals surface area contributed by atoms with Crippen LogP contribution >= 0.6 is 27.3 Å². The molecule has 4 nitrogen and oxygen atoms in total. The molecule has 0 radical (unpaired) electrons. The van der Waals surface area contributed by atoms with Gasteiger partial charge in [0.05, 0.1) is 3.79 Å². The molecule has 1 aromatic rings. The predicted octanol–water partition coefficient (Wildman–Crippen LogP) is 3.03. The van der Waals surface area contributed by atoms with Gasteiger partial charge in [-0.3, -0.25) is 0 Å². The van der Waals surface area contributed by atoms with E-state index in [0.29, 0.717) is 23.2 Å². The van der Waals surface area contributed by atoms with Gasteiger partial charge in [-0.25, -0.2) is 8.42 Å². The Morgan fingerprint density at radius 1 is 1.30 bits per heavy atom. The minimum absolute atomic E-state index is 0.302. The normalized spacial score (nSPS) is 12.8. The molecule has 0 amide bonds. The lowest BCUT2D eigenvalue weighted by atomic mass is 10.2. The summed E-state index contributed by atoms with van der Waals surface area (Å²) in [6.45, 7) is 7.76. The Labute approximate surface area is 135 Å². The molecule has 7 heteroatoms. The molecule has 0 aliphatic carbocycles. The average molecular weight is 383 g/mol. The minimum atomic E-state index is -3.40. The van der Waals surface area contributed by atoms with E-state index in [2.05, 4.69) is 15.9 Å². The minimum Gasteiger partial charge on any atom is -0.308 e. The Morgan fingerprint density at radius 2 is 1.90 bits per heavy atom. The van der Waals surface area contributed by atoms with Crippen molar-refractivity contribution in [3.05, 3.63) is 15.4 Å². The van der Waals surface area contributed by atoms with Crippen LogP contribution in [-0.2, 0) is 10.0 Å². The summed E-state index contributed by atoms with van der Waals surface area (Å²) in [4.78, 5) is 2.00. The molecule has 20 heavy (non-hydrogen) atoms. The highest BCUT2D eigenvalue weighted by atomic mass is 79.9. The van der Waals surface area contributed by atoms with Crippen LogP contribution in [0.1, 0.15) is 19.4 Å². The van der Waals surface area contributed by atoms with Gasteiger partial charge < -0.3 is 4.90 Å². The summed E-state index contributed by atoms with van der Waals surface area (Å²) in [7, 11) is 0.503. The van der Waals surface area contributed by atoms with Crippen molar-refractivity contribution in [1.29, 1.82) is 0 Å². The average Bonchev–Trinajstić information content (AvgIpc) is 2.65. The lowest BCUT2D eigenvalue weighted by molar-refractivity contribution is 0.313. The summed E-state index contributed by atoms with van der Waals surface area (Å²) < 4.78 is 28.4. The molecule has 0 N–H and O–H groups in total. The van der Waals surface area contributed by atoms with Gasteiger partial charge in [-0.05, 0) is 54.5 Å². The molecule has 0 spiro atoms. The van der Waals surface area contributed by atoms with Crippen LogP contribution in [0.4, 0.5) is 0 Å². The lowest BCUT2D eigenvalue weighted by Crippen LogP contribution is -2.38. The summed E-state index contributed by atoms with van der Waals surface area (Å²) in [6.07, 6.45) is 0. The number of nitrogens with zero attached hydrogens (tertiary/aromatic N) is 2. The Balaban J connectivity index is 3.03. The smallest absolute Gasteiger partial charge is 0.252 e. The second-order valence-corrected chi connectivity index (χ2v) is 10.1. The second kappa shape index (κ2) is 7.35. The summed E-state index contributed by atoms with van der Waals surface area (Å²) in [5, 5.41) is 0. The zero-order valence-corrected chi connectivity index (χ0v) is 15.9. The fraction of sp³-hybridized carbons (Fsp3) is 0.692. The Kier molecular flexibility index (Phi) is 6.66. The van der Waals surface area contributed by atoms with Gasteiger partial charge in [0.15, 0.2) is 0 Å². The summed E-state index contributed by atoms with van der Waals surface area (Å²) >= 11 is 4.68. The lowest BCUT2D eigenvalue weighted by Gasteiger charge is -2.24. The van der Waals surface area contributed by atoms with Crippen molar-refractivity contribution in [2.45, 2.75) is 25.0 Å². The SMILES string of the molecule is Cc1cc(S(=O)(=O)N(CCN(C)C)CC(C)C)sc1Br. The molecular weight excluding hydrogens is 360 g/mol. The highest BCUT2D eigenvalue weighted by Gasteiger charge is 2.27. The number of hydrogen-bond donors (Lipinski definition) is 0. The molecule has 0 aromatic carbocycles. The largest absolute Gasteiger partial charge is 0.308 e. The highest BCUT2D eigenvalue weighted by molar-refractivity contribution is 9.11. The summed E-state index contributed by atoms with van der Waals surface area (Å²) in [5.41, 5.74) is 0.964. The van der Waals surface area contributed by atoms with Crippen LogP contribution in [0.15, 0.2) is 14.1 Å². The van der Waals surface area contributed by atoms with Crippen LogP contribution in [0.5, 0.6) is 0 Å². The standard InChI is InChI=1S/C13H23BrN2O2S2/c1-10(2)9-16(7-6-15(4)5)20(17,18)12-8-11(3)13(14)19-12/h8,10H,6-7,9H2,1-5H3. The highest BCUT2D eigenvalue weighted by Crippen LogP contribution is 2.32. The molecule has 0 atom stereocenters. The molecule has 0 bridgehead atoms. The van der Waals surface area contributed by atoms with E-state index < -0.39 is 10.0 Å². The number of rotatable bonds is 7. The van der Waals surface area contributed by atoms with Crippen LogP contribution in [-0.4, -0.2) is 51.4 Å². The summed E-state index contributed by atoms with van der Waals surface area (Å²) in [5.74, 6) is 0.302. The van der Waals surface area contributed by atoms with Crippen molar-refractivity contribution in [2.75, 3.05) is 33.7 Å². The van der Waals surface area contributed by atoms with E-state index in [-0.39, 0.29) is 0 Å². The fourth-order valence-corrected chi connectivity index (χ4v) is 5.69. The van der Waals surface area contributed by atoms with Gasteiger partial charge in [-0.15, -0.1) is 11.3 Å². The van der Waals surface area contributed by atoms with E-state index in [1.807, 2.05) is 39.8 Å². The van der Waals surface area contributed by atoms with Crippen molar-refractivity contribution in [2.24, 2.45) is 5.92 Å². The molecule has 1 rings (SSSR count). The molecule has 0 aliphatic rings. The third kappa shape index (κ3) is 4.80. The Morgan fingerprint density at radius 3 is 2.30 bits per heavy atom. The van der Waals surface area contributed by atoms with Crippen LogP contribution in [0.2, 0.25) is 0 Å². The molecule has 0 saturated heterocycles. The van der Waals surface area contributed by atoms with E-state index >= 15 is 0 Å². The van der Waals surface area contributed by atoms with Crippen molar-refractivity contribution in [3.63, 3.8) is 0 Å². The van der Waals surface area contributed by atoms with Gasteiger partial charge in [0.2, 0.25) is 0 Å². The van der Waals surface area contributed by atoms with Gasteiger partial charge >= 0.3 is 0 Å². The maximum atomic E-state index is 12.7. The Bertz CT molecular complexity index is 519. The number of halogens is 1. The molecule has 116 valence electrons. The molecule has 0 aliphatic heterocycles. The topological polar surface area (TPSA) is 40.6 Å². The number of hydrogen-bond acceptors (Lipinski definition) is 4. The fourth-order valence-electron chi connectivity index (χ4n) is 1.71. The van der Waals surface area contributed by atoms with E-state index in [1.165, 1.54) is 11.3 Å². The van der Waals surface area contributed by atoms with Crippen LogP contribution in [0, 0.1) is 12.8 Å². The van der Waals surface area contributed by atoms with Gasteiger partial charge in [0, 0.05) is 19.6 Å². The first-order valence-electron chi connectivity index (χ1n) is 6.55. The van der Waals surface area contributed by atoms with E-state index in [4.69, 9.17) is 0 Å². The quantitative estimate of drug-likeness (QED) is 0.727. The van der Waals surface area contributed by atoms with Crippen molar-refractivity contribution in [3.8, 4) is 0 Å². The molecular formula is C13H23BrN2O2S2. The zero-order valence-electron chi connectivity index (χ0n) is 12.7. The number of thiophene rings is 1. The molecule has 1 aromatic heterocycles. The zero-order chi connectivity index (χ0) is 15.5. The molecule has 1 heterocycles. The third-order valence-corrected chi connectivity index (χ3v) is 7.25. The van der Waals surface area contributed by atoms with Gasteiger partial charge in [-0.2, -0.15) is 4.31 Å². The van der Waals surface area contributed by atoms with Gasteiger partial charge in [0.1, 0.15) is 4.21 Å². The van der Waals surface area contributed by atoms with E-state index in [1.54, 1.807) is 10.4 Å². The van der Waals surface area contributed by atoms with Crippen LogP contribution in [0.3, 0.4) is 0 Å². The number of aryl methyl sites for hydroxylation is 1. The van der Waals surface area contributed by atoms with Crippen LogP contribution in [0.25, 0.3) is 0 Å². The molecule has 0 fully saturated rings. The first kappa shape index (κ1) is 18.1. The Hall–Kier alpha value is 0.0500.